The largest absolute Gasteiger partial charge is 0.497 e. The molecule has 0 aliphatic carbocycles. The number of hydrogen-bond donors (Lipinski definition) is 1. The first kappa shape index (κ1) is 15.3. The topological polar surface area (TPSA) is 71.3 Å². The lowest BCUT2D eigenvalue weighted by Crippen LogP contribution is -2.35. The van der Waals surface area contributed by atoms with Crippen molar-refractivity contribution in [3.8, 4) is 21.7 Å². The second-order valence-electron chi connectivity index (χ2n) is 3.30. The minimum Gasteiger partial charge on any atom is -0.497 e. The fourth-order valence-electron chi connectivity index (χ4n) is 1.23. The number of rotatable bonds is 5. The molecule has 98 valence electrons. The highest BCUT2D eigenvalue weighted by atomic mass is 127. The number of carbonyl (C=O) groups is 1. The number of nitrogens with zero attached hydrogens (tertiary/aromatic N) is 1. The van der Waals surface area contributed by atoms with Crippen molar-refractivity contribution < 1.29 is 14.3 Å². The zero-order chi connectivity index (χ0) is 14.1. The number of nitrogens with one attached hydrogen (secondary N) is 1. The van der Waals surface area contributed by atoms with Crippen molar-refractivity contribution in [3.05, 3.63) is 29.8 Å². The van der Waals surface area contributed by atoms with Crippen molar-refractivity contribution in [3.63, 3.8) is 0 Å². The van der Waals surface area contributed by atoms with Gasteiger partial charge in [-0.1, -0.05) is 12.0 Å². The molecule has 0 radical (unpaired) electrons. The summed E-state index contributed by atoms with van der Waals surface area (Å²) in [6.07, 6.45) is -1.03. The van der Waals surface area contributed by atoms with Crippen LogP contribution in [0.15, 0.2) is 24.3 Å². The zero-order valence-electron chi connectivity index (χ0n) is 10.1. The van der Waals surface area contributed by atoms with E-state index in [-0.39, 0.29) is 6.61 Å². The molecule has 5 nitrogen and oxygen atoms in total. The van der Waals surface area contributed by atoms with E-state index in [4.69, 9.17) is 14.7 Å². The van der Waals surface area contributed by atoms with Crippen molar-refractivity contribution in [2.24, 2.45) is 0 Å². The molecule has 1 rings (SSSR count). The number of halogens is 1. The first-order chi connectivity index (χ1) is 9.21. The maximum absolute atomic E-state index is 11.9. The number of amides is 1. The molecule has 0 saturated carbocycles. The van der Waals surface area contributed by atoms with Gasteiger partial charge in [0.25, 0.3) is 5.91 Å². The molecule has 19 heavy (non-hydrogen) atoms. The Bertz CT molecular complexity index is 543. The number of benzene rings is 1. The van der Waals surface area contributed by atoms with Crippen molar-refractivity contribution in [1.29, 1.82) is 5.26 Å². The minimum atomic E-state index is -1.03. The fraction of sp³-hybridized carbons (Fsp3) is 0.231. The molecule has 0 spiro atoms. The summed E-state index contributed by atoms with van der Waals surface area (Å²) < 4.78 is 12.7. The summed E-state index contributed by atoms with van der Waals surface area (Å²) in [4.78, 5) is 11.9. The lowest BCUT2D eigenvalue weighted by Gasteiger charge is -2.11. The molecule has 1 N–H and O–H groups in total. The van der Waals surface area contributed by atoms with E-state index in [1.807, 2.05) is 28.7 Å². The molecule has 0 aliphatic rings. The van der Waals surface area contributed by atoms with Gasteiger partial charge >= 0.3 is 0 Å². The number of nitriles is 1. The van der Waals surface area contributed by atoms with E-state index in [1.54, 1.807) is 24.3 Å². The molecule has 1 unspecified atom stereocenters. The monoisotopic (exact) mass is 370 g/mol. The summed E-state index contributed by atoms with van der Waals surface area (Å²) in [5, 5.41) is 11.3. The minimum absolute atomic E-state index is 0.0829. The Balaban J connectivity index is 2.65. The Labute approximate surface area is 125 Å². The van der Waals surface area contributed by atoms with Crippen LogP contribution >= 0.6 is 22.6 Å². The van der Waals surface area contributed by atoms with Crippen LogP contribution in [0.4, 0.5) is 0 Å². The second kappa shape index (κ2) is 8.35. The normalized spacial score (nSPS) is 10.6. The summed E-state index contributed by atoms with van der Waals surface area (Å²) in [5.41, 5.74) is 0.392. The molecule has 0 bridgehead atoms. The third-order valence-corrected chi connectivity index (χ3v) is 2.48. The Morgan fingerprint density at radius 2 is 2.37 bits per heavy atom. The first-order valence-electron chi connectivity index (χ1n) is 5.26. The summed E-state index contributed by atoms with van der Waals surface area (Å²) in [6.45, 7) is 0.0829. The Morgan fingerprint density at radius 3 is 3.00 bits per heavy atom. The number of methoxy groups -OCH3 is 1. The smallest absolute Gasteiger partial charge is 0.254 e. The SMILES string of the molecule is COc1cccc(C(=O)NC(C#N)OCC#CI)c1. The summed E-state index contributed by atoms with van der Waals surface area (Å²) in [5.74, 6) is 2.79. The maximum atomic E-state index is 11.9. The number of carbonyl (C=O) groups excluding carboxylic acids is 1. The van der Waals surface area contributed by atoms with Crippen molar-refractivity contribution >= 4 is 28.5 Å². The highest BCUT2D eigenvalue weighted by molar-refractivity contribution is 14.1. The molecular formula is C13H11IN2O3. The average Bonchev–Trinajstić information content (AvgIpc) is 2.46. The van der Waals surface area contributed by atoms with E-state index in [9.17, 15) is 4.79 Å². The zero-order valence-corrected chi connectivity index (χ0v) is 12.3. The molecule has 1 amide bonds. The van der Waals surface area contributed by atoms with Crippen LogP contribution in [-0.2, 0) is 4.74 Å². The van der Waals surface area contributed by atoms with Gasteiger partial charge in [-0.3, -0.25) is 4.79 Å². The molecule has 6 heteroatoms. The highest BCUT2D eigenvalue weighted by Crippen LogP contribution is 2.12. The van der Waals surface area contributed by atoms with E-state index in [2.05, 4.69) is 15.2 Å². The molecule has 0 aliphatic heterocycles. The Kier molecular flexibility index (Phi) is 6.72. The molecule has 1 aromatic carbocycles. The molecule has 1 aromatic rings. The molecule has 0 heterocycles. The quantitative estimate of drug-likeness (QED) is 0.487. The second-order valence-corrected chi connectivity index (χ2v) is 3.84. The molecule has 0 fully saturated rings. The maximum Gasteiger partial charge on any atom is 0.254 e. The van der Waals surface area contributed by atoms with Gasteiger partial charge in [0.1, 0.15) is 18.4 Å². The van der Waals surface area contributed by atoms with Crippen molar-refractivity contribution in [2.75, 3.05) is 13.7 Å². The summed E-state index contributed by atoms with van der Waals surface area (Å²) in [7, 11) is 1.51. The number of hydrogen-bond acceptors (Lipinski definition) is 4. The molecule has 0 saturated heterocycles. The first-order valence-corrected chi connectivity index (χ1v) is 6.33. The fourth-order valence-corrected chi connectivity index (χ4v) is 1.39. The standard InChI is InChI=1S/C13H11IN2O3/c1-18-11-5-2-4-10(8-11)13(17)16-12(9-15)19-7-3-6-14/h2,4-5,8,12H,7H2,1H3,(H,16,17). The molecule has 0 aromatic heterocycles. The van der Waals surface area contributed by atoms with Crippen molar-refractivity contribution in [1.82, 2.24) is 5.32 Å². The van der Waals surface area contributed by atoms with Crippen LogP contribution in [0.1, 0.15) is 10.4 Å². The van der Waals surface area contributed by atoms with E-state index >= 15 is 0 Å². The van der Waals surface area contributed by atoms with Gasteiger partial charge in [-0.2, -0.15) is 5.26 Å². The predicted molar refractivity (Wildman–Crippen MR) is 77.6 cm³/mol. The third kappa shape index (κ3) is 5.16. The Morgan fingerprint density at radius 1 is 1.58 bits per heavy atom. The van der Waals surface area contributed by atoms with Crippen molar-refractivity contribution in [2.45, 2.75) is 6.23 Å². The van der Waals surface area contributed by atoms with Gasteiger partial charge in [-0.05, 0) is 22.1 Å². The van der Waals surface area contributed by atoms with Gasteiger partial charge in [-0.15, -0.1) is 0 Å². The lowest BCUT2D eigenvalue weighted by molar-refractivity contribution is 0.0684. The van der Waals surface area contributed by atoms with Crippen LogP contribution in [0, 0.1) is 21.2 Å². The van der Waals surface area contributed by atoms with Gasteiger partial charge in [0.05, 0.1) is 7.11 Å². The van der Waals surface area contributed by atoms with Gasteiger partial charge in [-0.25, -0.2) is 0 Å². The lowest BCUT2D eigenvalue weighted by atomic mass is 10.2. The van der Waals surface area contributed by atoms with Gasteiger partial charge in [0, 0.05) is 28.2 Å². The highest BCUT2D eigenvalue weighted by Gasteiger charge is 2.13. The van der Waals surface area contributed by atoms with Crippen LogP contribution in [-0.4, -0.2) is 25.9 Å². The average molecular weight is 370 g/mol. The summed E-state index contributed by atoms with van der Waals surface area (Å²) in [6, 6.07) is 8.45. The van der Waals surface area contributed by atoms with E-state index < -0.39 is 12.1 Å². The van der Waals surface area contributed by atoms with E-state index in [0.29, 0.717) is 11.3 Å². The summed E-state index contributed by atoms with van der Waals surface area (Å²) >= 11 is 1.86. The Hall–Kier alpha value is -1.77. The van der Waals surface area contributed by atoms with Crippen LogP contribution in [0.3, 0.4) is 0 Å². The van der Waals surface area contributed by atoms with Gasteiger partial charge in [0.2, 0.25) is 6.23 Å². The molecular weight excluding hydrogens is 359 g/mol. The third-order valence-electron chi connectivity index (χ3n) is 2.10. The van der Waals surface area contributed by atoms with Gasteiger partial charge in [0.15, 0.2) is 0 Å². The van der Waals surface area contributed by atoms with E-state index in [1.165, 1.54) is 7.11 Å². The molecule has 1 atom stereocenters. The predicted octanol–water partition coefficient (Wildman–Crippen LogP) is 1.69. The number of ether oxygens (including phenoxy) is 2. The van der Waals surface area contributed by atoms with Crippen LogP contribution < -0.4 is 10.1 Å². The van der Waals surface area contributed by atoms with E-state index in [0.717, 1.165) is 0 Å². The van der Waals surface area contributed by atoms with Crippen LogP contribution in [0.5, 0.6) is 5.75 Å². The van der Waals surface area contributed by atoms with Crippen LogP contribution in [0.2, 0.25) is 0 Å². The van der Waals surface area contributed by atoms with Gasteiger partial charge < -0.3 is 14.8 Å². The van der Waals surface area contributed by atoms with Crippen LogP contribution in [0.25, 0.3) is 0 Å².